The zero-order valence-corrected chi connectivity index (χ0v) is 13.5. The summed E-state index contributed by atoms with van der Waals surface area (Å²) in [5.74, 6) is 2.58. The Morgan fingerprint density at radius 2 is 2.05 bits per heavy atom. The normalized spacial score (nSPS) is 37.3. The molecule has 3 aliphatic carbocycles. The molecule has 3 aliphatic rings. The van der Waals surface area contributed by atoms with Crippen molar-refractivity contribution in [3.8, 4) is 0 Å². The number of imidazole rings is 1. The summed E-state index contributed by atoms with van der Waals surface area (Å²) < 4.78 is 29.8. The second-order valence-corrected chi connectivity index (χ2v) is 9.26. The minimum atomic E-state index is -3.62. The Morgan fingerprint density at radius 3 is 2.76 bits per heavy atom. The van der Waals surface area contributed by atoms with Crippen LogP contribution in [0.2, 0.25) is 5.15 Å². The number of nitrogens with zero attached hydrogens (tertiary/aromatic N) is 2. The maximum atomic E-state index is 12.7. The lowest BCUT2D eigenvalue weighted by Gasteiger charge is -2.10. The highest BCUT2D eigenvalue weighted by atomic mass is 35.5. The molecule has 0 aliphatic heterocycles. The lowest BCUT2D eigenvalue weighted by Crippen LogP contribution is -2.31. The minimum absolute atomic E-state index is 0.0585. The molecule has 0 spiro atoms. The second kappa shape index (κ2) is 4.01. The van der Waals surface area contributed by atoms with E-state index < -0.39 is 10.0 Å². The number of hydrogen-bond donors (Lipinski definition) is 1. The minimum Gasteiger partial charge on any atom is -0.279 e. The topological polar surface area (TPSA) is 63.5 Å². The van der Waals surface area contributed by atoms with Gasteiger partial charge in [-0.3, -0.25) is 4.40 Å². The summed E-state index contributed by atoms with van der Waals surface area (Å²) in [4.78, 5) is 4.72. The van der Waals surface area contributed by atoms with Crippen LogP contribution in [0.4, 0.5) is 0 Å². The maximum absolute atomic E-state index is 12.7. The Bertz CT molecular complexity index is 827. The third-order valence-corrected chi connectivity index (χ3v) is 8.07. The van der Waals surface area contributed by atoms with Crippen LogP contribution in [0, 0.1) is 23.7 Å². The van der Waals surface area contributed by atoms with E-state index in [-0.39, 0.29) is 16.2 Å². The Hall–Kier alpha value is -0.630. The first kappa shape index (κ1) is 12.9. The van der Waals surface area contributed by atoms with Crippen LogP contribution in [0.1, 0.15) is 19.3 Å². The molecule has 0 amide bonds. The molecule has 8 heteroatoms. The van der Waals surface area contributed by atoms with Crippen LogP contribution in [0.25, 0.3) is 4.96 Å². The third-order valence-electron chi connectivity index (χ3n) is 5.46. The molecule has 4 unspecified atom stereocenters. The summed E-state index contributed by atoms with van der Waals surface area (Å²) in [6.07, 6.45) is 5.54. The predicted molar refractivity (Wildman–Crippen MR) is 80.0 cm³/mol. The molecule has 21 heavy (non-hydrogen) atoms. The van der Waals surface area contributed by atoms with Gasteiger partial charge in [0.25, 0.3) is 10.0 Å². The summed E-state index contributed by atoms with van der Waals surface area (Å²) in [6, 6.07) is 0.113. The van der Waals surface area contributed by atoms with E-state index in [9.17, 15) is 8.42 Å². The van der Waals surface area contributed by atoms with Crippen molar-refractivity contribution >= 4 is 37.9 Å². The predicted octanol–water partition coefficient (Wildman–Crippen LogP) is 2.37. The van der Waals surface area contributed by atoms with Gasteiger partial charge in [-0.25, -0.2) is 18.1 Å². The van der Waals surface area contributed by atoms with E-state index in [4.69, 9.17) is 11.6 Å². The number of sulfonamides is 1. The van der Waals surface area contributed by atoms with E-state index >= 15 is 0 Å². The number of nitrogens with one attached hydrogen (secondary N) is 1. The molecule has 5 nitrogen and oxygen atoms in total. The molecule has 4 atom stereocenters. The van der Waals surface area contributed by atoms with Crippen LogP contribution in [-0.2, 0) is 10.0 Å². The summed E-state index contributed by atoms with van der Waals surface area (Å²) in [7, 11) is -3.62. The molecule has 2 aromatic heterocycles. The fourth-order valence-corrected chi connectivity index (χ4v) is 7.45. The average Bonchev–Trinajstić information content (AvgIpc) is 2.89. The highest BCUT2D eigenvalue weighted by Crippen LogP contribution is 2.65. The van der Waals surface area contributed by atoms with Gasteiger partial charge in [0.1, 0.15) is 0 Å². The SMILES string of the molecule is O=S(=O)(NC1C2C3CCC(C3)C12)c1c(Cl)nc2sccn12. The third kappa shape index (κ3) is 1.66. The summed E-state index contributed by atoms with van der Waals surface area (Å²) in [5, 5.41) is 1.95. The first-order valence-electron chi connectivity index (χ1n) is 7.19. The van der Waals surface area contributed by atoms with E-state index in [2.05, 4.69) is 9.71 Å². The monoisotopic (exact) mass is 343 g/mol. The van der Waals surface area contributed by atoms with Gasteiger partial charge in [0.05, 0.1) is 0 Å². The number of fused-ring (bicyclic) bond motifs is 6. The highest BCUT2D eigenvalue weighted by molar-refractivity contribution is 7.89. The first-order chi connectivity index (χ1) is 10.1. The number of halogens is 1. The van der Waals surface area contributed by atoms with Crippen LogP contribution in [0.3, 0.4) is 0 Å². The van der Waals surface area contributed by atoms with E-state index in [1.165, 1.54) is 30.6 Å². The number of rotatable bonds is 3. The number of hydrogen-bond acceptors (Lipinski definition) is 4. The zero-order chi connectivity index (χ0) is 14.4. The summed E-state index contributed by atoms with van der Waals surface area (Å²) >= 11 is 7.42. The van der Waals surface area contributed by atoms with E-state index in [1.807, 2.05) is 5.38 Å². The van der Waals surface area contributed by atoms with Gasteiger partial charge in [-0.2, -0.15) is 0 Å². The van der Waals surface area contributed by atoms with Crippen LogP contribution in [0.5, 0.6) is 0 Å². The van der Waals surface area contributed by atoms with Crippen molar-refractivity contribution in [1.82, 2.24) is 14.1 Å². The van der Waals surface area contributed by atoms with E-state index in [0.717, 1.165) is 11.8 Å². The molecule has 2 heterocycles. The molecule has 0 saturated heterocycles. The van der Waals surface area contributed by atoms with Crippen molar-refractivity contribution < 1.29 is 8.42 Å². The van der Waals surface area contributed by atoms with Crippen molar-refractivity contribution in [2.45, 2.75) is 30.3 Å². The Balaban J connectivity index is 1.49. The highest BCUT2D eigenvalue weighted by Gasteiger charge is 2.65. The quantitative estimate of drug-likeness (QED) is 0.930. The van der Waals surface area contributed by atoms with Crippen LogP contribution in [0.15, 0.2) is 16.6 Å². The number of aromatic nitrogens is 2. The Labute approximate surface area is 131 Å². The summed E-state index contributed by atoms with van der Waals surface area (Å²) in [5.41, 5.74) is 0. The van der Waals surface area contributed by atoms with Crippen LogP contribution < -0.4 is 4.72 Å². The fraction of sp³-hybridized carbons (Fsp3) is 0.615. The second-order valence-electron chi connectivity index (χ2n) is 6.40. The molecule has 3 fully saturated rings. The molecular weight excluding hydrogens is 330 g/mol. The van der Waals surface area contributed by atoms with Gasteiger partial charge < -0.3 is 0 Å². The first-order valence-corrected chi connectivity index (χ1v) is 9.94. The van der Waals surface area contributed by atoms with Crippen molar-refractivity contribution in [3.63, 3.8) is 0 Å². The van der Waals surface area contributed by atoms with Crippen LogP contribution >= 0.6 is 22.9 Å². The van der Waals surface area contributed by atoms with Gasteiger partial charge in [0, 0.05) is 17.6 Å². The Kier molecular flexibility index (Phi) is 2.46. The molecular formula is C13H14ClN3O2S2. The molecule has 5 rings (SSSR count). The lowest BCUT2D eigenvalue weighted by atomic mass is 10.0. The average molecular weight is 344 g/mol. The van der Waals surface area contributed by atoms with Gasteiger partial charge >= 0.3 is 0 Å². The van der Waals surface area contributed by atoms with Gasteiger partial charge in [-0.05, 0) is 42.9 Å². The van der Waals surface area contributed by atoms with Gasteiger partial charge in [-0.1, -0.05) is 11.6 Å². The van der Waals surface area contributed by atoms with E-state index in [0.29, 0.717) is 16.8 Å². The standard InChI is InChI=1S/C13H14ClN3O2S2/c14-11-12(17-3-4-20-13(17)15-11)21(18,19)16-10-8-6-1-2-7(5-6)9(8)10/h3-4,6-10,16H,1-2,5H2. The fourth-order valence-electron chi connectivity index (χ4n) is 4.70. The largest absolute Gasteiger partial charge is 0.279 e. The molecule has 0 aromatic carbocycles. The molecule has 0 radical (unpaired) electrons. The molecule has 3 saturated carbocycles. The lowest BCUT2D eigenvalue weighted by molar-refractivity contribution is 0.456. The summed E-state index contributed by atoms with van der Waals surface area (Å²) in [6.45, 7) is 0. The maximum Gasteiger partial charge on any atom is 0.260 e. The van der Waals surface area contributed by atoms with Gasteiger partial charge in [-0.15, -0.1) is 11.3 Å². The molecule has 2 bridgehead atoms. The van der Waals surface area contributed by atoms with Crippen molar-refractivity contribution in [2.24, 2.45) is 23.7 Å². The smallest absolute Gasteiger partial charge is 0.260 e. The zero-order valence-electron chi connectivity index (χ0n) is 11.1. The van der Waals surface area contributed by atoms with Crippen molar-refractivity contribution in [1.29, 1.82) is 0 Å². The molecule has 1 N–H and O–H groups in total. The van der Waals surface area contributed by atoms with Crippen LogP contribution in [-0.4, -0.2) is 23.8 Å². The van der Waals surface area contributed by atoms with Gasteiger partial charge in [0.2, 0.25) is 0 Å². The van der Waals surface area contributed by atoms with Crippen molar-refractivity contribution in [3.05, 3.63) is 16.7 Å². The van der Waals surface area contributed by atoms with E-state index in [1.54, 1.807) is 10.6 Å². The van der Waals surface area contributed by atoms with Gasteiger partial charge in [0.15, 0.2) is 15.1 Å². The molecule has 2 aromatic rings. The number of thiazole rings is 1. The Morgan fingerprint density at radius 1 is 1.33 bits per heavy atom. The van der Waals surface area contributed by atoms with Crippen molar-refractivity contribution in [2.75, 3.05) is 0 Å². The molecule has 112 valence electrons.